The molecule has 1 aliphatic rings. The van der Waals surface area contributed by atoms with E-state index in [1.54, 1.807) is 11.8 Å². The zero-order valence-electron chi connectivity index (χ0n) is 10.9. The molecular formula is C14H18F2OS. The second kappa shape index (κ2) is 4.49. The number of aliphatic hydroxyl groups is 1. The van der Waals surface area contributed by atoms with Crippen molar-refractivity contribution in [1.82, 2.24) is 0 Å². The summed E-state index contributed by atoms with van der Waals surface area (Å²) >= 11 is 1.58. The molecule has 1 aliphatic heterocycles. The second-order valence-corrected chi connectivity index (χ2v) is 6.91. The minimum absolute atomic E-state index is 0.0779. The predicted octanol–water partition coefficient (Wildman–Crippen LogP) is 3.62. The Labute approximate surface area is 111 Å². The number of benzene rings is 1. The van der Waals surface area contributed by atoms with Gasteiger partial charge in [0.05, 0.1) is 0 Å². The standard InChI is InChI=1S/C14H18F2OS/c1-9-4-5-10(12(16)11(9)15)14(17)6-13(2,3)7-18-8-14/h4-5,17H,6-8H2,1-3H3. The topological polar surface area (TPSA) is 20.2 Å². The van der Waals surface area contributed by atoms with Crippen LogP contribution in [0.3, 0.4) is 0 Å². The van der Waals surface area contributed by atoms with E-state index >= 15 is 0 Å². The first-order valence-corrected chi connectivity index (χ1v) is 7.16. The van der Waals surface area contributed by atoms with Crippen molar-refractivity contribution in [2.45, 2.75) is 32.8 Å². The number of hydrogen-bond donors (Lipinski definition) is 1. The smallest absolute Gasteiger partial charge is 0.165 e. The molecule has 1 nitrogen and oxygen atoms in total. The average Bonchev–Trinajstić information content (AvgIpc) is 2.23. The molecule has 1 atom stereocenters. The SMILES string of the molecule is Cc1ccc(C2(O)CSCC(C)(C)C2)c(F)c1F. The van der Waals surface area contributed by atoms with Crippen molar-refractivity contribution in [3.63, 3.8) is 0 Å². The fourth-order valence-corrected chi connectivity index (χ4v) is 3.92. The zero-order valence-corrected chi connectivity index (χ0v) is 11.7. The van der Waals surface area contributed by atoms with Crippen LogP contribution in [-0.4, -0.2) is 16.6 Å². The molecule has 18 heavy (non-hydrogen) atoms. The summed E-state index contributed by atoms with van der Waals surface area (Å²) < 4.78 is 27.6. The molecule has 1 heterocycles. The van der Waals surface area contributed by atoms with Crippen molar-refractivity contribution in [3.05, 3.63) is 34.9 Å². The van der Waals surface area contributed by atoms with Gasteiger partial charge >= 0.3 is 0 Å². The minimum atomic E-state index is -1.27. The van der Waals surface area contributed by atoms with Gasteiger partial charge in [-0.15, -0.1) is 0 Å². The van der Waals surface area contributed by atoms with Crippen molar-refractivity contribution in [3.8, 4) is 0 Å². The highest BCUT2D eigenvalue weighted by molar-refractivity contribution is 7.99. The normalized spacial score (nSPS) is 27.2. The molecule has 1 fully saturated rings. The van der Waals surface area contributed by atoms with Crippen LogP contribution >= 0.6 is 11.8 Å². The van der Waals surface area contributed by atoms with Crippen LogP contribution in [0.5, 0.6) is 0 Å². The molecule has 0 bridgehead atoms. The average molecular weight is 272 g/mol. The van der Waals surface area contributed by atoms with E-state index in [1.165, 1.54) is 19.1 Å². The maximum atomic E-state index is 14.0. The molecule has 1 N–H and O–H groups in total. The van der Waals surface area contributed by atoms with Gasteiger partial charge in [0, 0.05) is 11.3 Å². The van der Waals surface area contributed by atoms with Crippen molar-refractivity contribution in [2.75, 3.05) is 11.5 Å². The van der Waals surface area contributed by atoms with Crippen LogP contribution < -0.4 is 0 Å². The van der Waals surface area contributed by atoms with E-state index in [2.05, 4.69) is 0 Å². The lowest BCUT2D eigenvalue weighted by Gasteiger charge is -2.41. The van der Waals surface area contributed by atoms with Crippen LogP contribution in [0.15, 0.2) is 12.1 Å². The molecule has 0 aliphatic carbocycles. The van der Waals surface area contributed by atoms with Gasteiger partial charge in [-0.1, -0.05) is 26.0 Å². The Morgan fingerprint density at radius 1 is 1.17 bits per heavy atom. The van der Waals surface area contributed by atoms with Crippen LogP contribution in [0.4, 0.5) is 8.78 Å². The van der Waals surface area contributed by atoms with E-state index in [9.17, 15) is 13.9 Å². The fourth-order valence-electron chi connectivity index (χ4n) is 2.57. The molecule has 1 unspecified atom stereocenters. The Morgan fingerprint density at radius 2 is 1.83 bits per heavy atom. The van der Waals surface area contributed by atoms with Gasteiger partial charge in [-0.2, -0.15) is 11.8 Å². The highest BCUT2D eigenvalue weighted by Crippen LogP contribution is 2.45. The maximum Gasteiger partial charge on any atom is 0.165 e. The Balaban J connectivity index is 2.44. The molecule has 100 valence electrons. The highest BCUT2D eigenvalue weighted by Gasteiger charge is 2.42. The van der Waals surface area contributed by atoms with Crippen molar-refractivity contribution in [1.29, 1.82) is 0 Å². The number of thioether (sulfide) groups is 1. The Bertz CT molecular complexity index is 473. The van der Waals surface area contributed by atoms with Crippen LogP contribution in [0.1, 0.15) is 31.4 Å². The summed E-state index contributed by atoms with van der Waals surface area (Å²) in [4.78, 5) is 0. The second-order valence-electron chi connectivity index (χ2n) is 5.92. The van der Waals surface area contributed by atoms with Gasteiger partial charge in [-0.3, -0.25) is 0 Å². The monoisotopic (exact) mass is 272 g/mol. The van der Waals surface area contributed by atoms with Gasteiger partial charge in [-0.05, 0) is 30.1 Å². The van der Waals surface area contributed by atoms with Crippen LogP contribution in [0.25, 0.3) is 0 Å². The van der Waals surface area contributed by atoms with E-state index in [0.29, 0.717) is 12.2 Å². The first-order chi connectivity index (χ1) is 8.25. The number of rotatable bonds is 1. The molecule has 0 spiro atoms. The molecule has 0 saturated carbocycles. The molecule has 0 aromatic heterocycles. The van der Waals surface area contributed by atoms with Crippen LogP contribution in [0, 0.1) is 24.0 Å². The third kappa shape index (κ3) is 2.41. The molecule has 0 radical (unpaired) electrons. The summed E-state index contributed by atoms with van der Waals surface area (Å²) in [5.74, 6) is -0.425. The third-order valence-electron chi connectivity index (χ3n) is 3.38. The summed E-state index contributed by atoms with van der Waals surface area (Å²) in [6.07, 6.45) is 0.451. The lowest BCUT2D eigenvalue weighted by Crippen LogP contribution is -2.41. The lowest BCUT2D eigenvalue weighted by molar-refractivity contribution is 0.0120. The molecule has 2 rings (SSSR count). The molecule has 1 aromatic rings. The summed E-state index contributed by atoms with van der Waals surface area (Å²) in [5.41, 5.74) is -0.996. The molecule has 1 aromatic carbocycles. The molecule has 0 amide bonds. The Hall–Kier alpha value is -0.610. The van der Waals surface area contributed by atoms with Gasteiger partial charge in [0.2, 0.25) is 0 Å². The number of halogens is 2. The van der Waals surface area contributed by atoms with Gasteiger partial charge in [-0.25, -0.2) is 8.78 Å². The molecule has 4 heteroatoms. The minimum Gasteiger partial charge on any atom is -0.384 e. The van der Waals surface area contributed by atoms with E-state index in [1.807, 2.05) is 13.8 Å². The van der Waals surface area contributed by atoms with Gasteiger partial charge in [0.1, 0.15) is 5.60 Å². The van der Waals surface area contributed by atoms with E-state index in [-0.39, 0.29) is 16.5 Å². The first kappa shape index (κ1) is 13.8. The summed E-state index contributed by atoms with van der Waals surface area (Å²) in [6, 6.07) is 3.04. The molecule has 1 saturated heterocycles. The highest BCUT2D eigenvalue weighted by atomic mass is 32.2. The first-order valence-electron chi connectivity index (χ1n) is 6.00. The number of aryl methyl sites for hydroxylation is 1. The lowest BCUT2D eigenvalue weighted by atomic mass is 9.78. The third-order valence-corrected chi connectivity index (χ3v) is 5.05. The van der Waals surface area contributed by atoms with Gasteiger partial charge < -0.3 is 5.11 Å². The largest absolute Gasteiger partial charge is 0.384 e. The van der Waals surface area contributed by atoms with Crippen molar-refractivity contribution >= 4 is 11.8 Å². The number of hydrogen-bond acceptors (Lipinski definition) is 2. The van der Waals surface area contributed by atoms with Gasteiger partial charge in [0.25, 0.3) is 0 Å². The van der Waals surface area contributed by atoms with Crippen LogP contribution in [-0.2, 0) is 5.60 Å². The fraction of sp³-hybridized carbons (Fsp3) is 0.571. The maximum absolute atomic E-state index is 14.0. The van der Waals surface area contributed by atoms with Crippen molar-refractivity contribution in [2.24, 2.45) is 5.41 Å². The van der Waals surface area contributed by atoms with Crippen molar-refractivity contribution < 1.29 is 13.9 Å². The Morgan fingerprint density at radius 3 is 2.44 bits per heavy atom. The van der Waals surface area contributed by atoms with E-state index in [4.69, 9.17) is 0 Å². The zero-order chi connectivity index (χ0) is 13.6. The molecular weight excluding hydrogens is 254 g/mol. The van der Waals surface area contributed by atoms with E-state index in [0.717, 1.165) is 5.75 Å². The van der Waals surface area contributed by atoms with Gasteiger partial charge in [0.15, 0.2) is 11.6 Å². The quantitative estimate of drug-likeness (QED) is 0.842. The summed E-state index contributed by atoms with van der Waals surface area (Å²) in [5, 5.41) is 10.6. The summed E-state index contributed by atoms with van der Waals surface area (Å²) in [6.45, 7) is 5.59. The van der Waals surface area contributed by atoms with E-state index < -0.39 is 17.2 Å². The predicted molar refractivity (Wildman–Crippen MR) is 70.7 cm³/mol. The summed E-state index contributed by atoms with van der Waals surface area (Å²) in [7, 11) is 0. The Kier molecular flexibility index (Phi) is 3.45. The van der Waals surface area contributed by atoms with Crippen LogP contribution in [0.2, 0.25) is 0 Å².